The van der Waals surface area contributed by atoms with Gasteiger partial charge < -0.3 is 10.4 Å². The summed E-state index contributed by atoms with van der Waals surface area (Å²) in [6, 6.07) is 4.64. The lowest BCUT2D eigenvalue weighted by Gasteiger charge is -2.22. The fourth-order valence-electron chi connectivity index (χ4n) is 2.52. The average Bonchev–Trinajstić information content (AvgIpc) is 2.78. The Balaban J connectivity index is 2.01. The van der Waals surface area contributed by atoms with Crippen molar-refractivity contribution in [1.82, 2.24) is 5.32 Å². The molecule has 1 aliphatic rings. The molecule has 0 bridgehead atoms. The smallest absolute Gasteiger partial charge is 0.275 e. The minimum absolute atomic E-state index is 0.0124. The molecule has 0 spiro atoms. The Kier molecular flexibility index (Phi) is 4.39. The number of hydrogen-bond donors (Lipinski definition) is 2. The summed E-state index contributed by atoms with van der Waals surface area (Å²) in [6.45, 7) is 0.730. The van der Waals surface area contributed by atoms with Crippen LogP contribution < -0.4 is 5.32 Å². The molecule has 0 atom stereocenters. The molecule has 5 nitrogen and oxygen atoms in total. The normalized spacial score (nSPS) is 17.6. The van der Waals surface area contributed by atoms with Gasteiger partial charge in [-0.3, -0.25) is 10.1 Å². The molecule has 0 heterocycles. The molecule has 19 heavy (non-hydrogen) atoms. The SMILES string of the molecule is O=[N+]([O-])c1cccc(Cl)c1CNCC1(O)CCCC1. The van der Waals surface area contributed by atoms with Crippen molar-refractivity contribution in [2.24, 2.45) is 0 Å². The molecule has 1 fully saturated rings. The minimum Gasteiger partial charge on any atom is -0.389 e. The highest BCUT2D eigenvalue weighted by Crippen LogP contribution is 2.29. The molecule has 0 aromatic heterocycles. The second-order valence-corrected chi connectivity index (χ2v) is 5.44. The molecular weight excluding hydrogens is 268 g/mol. The van der Waals surface area contributed by atoms with Crippen LogP contribution in [0, 0.1) is 10.1 Å². The van der Waals surface area contributed by atoms with Crippen molar-refractivity contribution in [3.8, 4) is 0 Å². The van der Waals surface area contributed by atoms with Crippen LogP contribution in [0.2, 0.25) is 5.02 Å². The first-order chi connectivity index (χ1) is 9.02. The van der Waals surface area contributed by atoms with Crippen molar-refractivity contribution in [1.29, 1.82) is 0 Å². The third kappa shape index (κ3) is 3.43. The third-order valence-corrected chi connectivity index (χ3v) is 3.94. The fourth-order valence-corrected chi connectivity index (χ4v) is 2.76. The van der Waals surface area contributed by atoms with Crippen molar-refractivity contribution < 1.29 is 10.0 Å². The van der Waals surface area contributed by atoms with Crippen LogP contribution >= 0.6 is 11.6 Å². The van der Waals surface area contributed by atoms with Gasteiger partial charge in [0.1, 0.15) is 0 Å². The van der Waals surface area contributed by atoms with E-state index in [9.17, 15) is 15.2 Å². The van der Waals surface area contributed by atoms with Crippen LogP contribution in [-0.2, 0) is 6.54 Å². The van der Waals surface area contributed by atoms with Crippen LogP contribution in [0.15, 0.2) is 18.2 Å². The van der Waals surface area contributed by atoms with Crippen molar-refractivity contribution in [2.75, 3.05) is 6.54 Å². The van der Waals surface area contributed by atoms with E-state index < -0.39 is 10.5 Å². The number of nitro benzene ring substituents is 1. The molecule has 1 saturated carbocycles. The number of nitrogens with one attached hydrogen (secondary N) is 1. The second-order valence-electron chi connectivity index (χ2n) is 5.03. The maximum atomic E-state index is 10.9. The van der Waals surface area contributed by atoms with E-state index in [-0.39, 0.29) is 12.2 Å². The lowest BCUT2D eigenvalue weighted by molar-refractivity contribution is -0.385. The van der Waals surface area contributed by atoms with E-state index in [1.165, 1.54) is 6.07 Å². The second kappa shape index (κ2) is 5.86. The zero-order chi connectivity index (χ0) is 13.9. The Labute approximate surface area is 116 Å². The molecule has 1 aromatic carbocycles. The molecular formula is C13H17ClN2O3. The first-order valence-corrected chi connectivity index (χ1v) is 6.74. The van der Waals surface area contributed by atoms with E-state index in [0.717, 1.165) is 25.7 Å². The molecule has 0 radical (unpaired) electrons. The maximum Gasteiger partial charge on any atom is 0.275 e. The molecule has 2 N–H and O–H groups in total. The maximum absolute atomic E-state index is 10.9. The fraction of sp³-hybridized carbons (Fsp3) is 0.538. The zero-order valence-electron chi connectivity index (χ0n) is 10.6. The molecule has 0 aliphatic heterocycles. The van der Waals surface area contributed by atoms with Gasteiger partial charge in [-0.25, -0.2) is 0 Å². The highest BCUT2D eigenvalue weighted by molar-refractivity contribution is 6.31. The van der Waals surface area contributed by atoms with Crippen molar-refractivity contribution in [3.63, 3.8) is 0 Å². The van der Waals surface area contributed by atoms with Crippen molar-refractivity contribution in [3.05, 3.63) is 38.9 Å². The van der Waals surface area contributed by atoms with E-state index in [2.05, 4.69) is 5.32 Å². The van der Waals surface area contributed by atoms with Gasteiger partial charge in [-0.2, -0.15) is 0 Å². The summed E-state index contributed by atoms with van der Waals surface area (Å²) >= 11 is 6.00. The Morgan fingerprint density at radius 3 is 2.74 bits per heavy atom. The summed E-state index contributed by atoms with van der Waals surface area (Å²) in [7, 11) is 0. The van der Waals surface area contributed by atoms with Gasteiger partial charge in [-0.05, 0) is 18.9 Å². The molecule has 1 aliphatic carbocycles. The van der Waals surface area contributed by atoms with E-state index >= 15 is 0 Å². The predicted octanol–water partition coefficient (Wildman–Crippen LogP) is 2.64. The first-order valence-electron chi connectivity index (χ1n) is 6.37. The molecule has 1 aromatic rings. The highest BCUT2D eigenvalue weighted by Gasteiger charge is 2.30. The Bertz CT molecular complexity index is 473. The number of benzene rings is 1. The number of halogens is 1. The van der Waals surface area contributed by atoms with Gasteiger partial charge in [-0.1, -0.05) is 30.5 Å². The first kappa shape index (κ1) is 14.2. The van der Waals surface area contributed by atoms with Crippen molar-refractivity contribution >= 4 is 17.3 Å². The Morgan fingerprint density at radius 1 is 1.42 bits per heavy atom. The molecule has 2 rings (SSSR count). The van der Waals surface area contributed by atoms with Crippen LogP contribution in [0.5, 0.6) is 0 Å². The Morgan fingerprint density at radius 2 is 2.11 bits per heavy atom. The van der Waals surface area contributed by atoms with E-state index in [1.807, 2.05) is 0 Å². The molecule has 0 unspecified atom stereocenters. The van der Waals surface area contributed by atoms with Crippen molar-refractivity contribution in [2.45, 2.75) is 37.8 Å². The standard InChI is InChI=1S/C13H17ClN2O3/c14-11-4-3-5-12(16(18)19)10(11)8-15-9-13(17)6-1-2-7-13/h3-5,15,17H,1-2,6-9H2. The minimum atomic E-state index is -0.671. The summed E-state index contributed by atoms with van der Waals surface area (Å²) in [5.41, 5.74) is -0.190. The van der Waals surface area contributed by atoms with E-state index in [0.29, 0.717) is 17.1 Å². The van der Waals surface area contributed by atoms with Gasteiger partial charge in [-0.15, -0.1) is 0 Å². The van der Waals surface area contributed by atoms with Gasteiger partial charge in [0.2, 0.25) is 0 Å². The zero-order valence-corrected chi connectivity index (χ0v) is 11.3. The summed E-state index contributed by atoms with van der Waals surface area (Å²) in [6.07, 6.45) is 3.63. The number of nitro groups is 1. The van der Waals surface area contributed by atoms with Crippen LogP contribution in [0.3, 0.4) is 0 Å². The van der Waals surface area contributed by atoms with E-state index in [4.69, 9.17) is 11.6 Å². The monoisotopic (exact) mass is 284 g/mol. The van der Waals surface area contributed by atoms with Gasteiger partial charge in [0.15, 0.2) is 0 Å². The highest BCUT2D eigenvalue weighted by atomic mass is 35.5. The molecule has 104 valence electrons. The van der Waals surface area contributed by atoms with Gasteiger partial charge in [0, 0.05) is 19.2 Å². The van der Waals surface area contributed by atoms with Crippen LogP contribution in [0.1, 0.15) is 31.2 Å². The summed E-state index contributed by atoms with van der Waals surface area (Å²) in [4.78, 5) is 10.5. The largest absolute Gasteiger partial charge is 0.389 e. The lowest BCUT2D eigenvalue weighted by Crippen LogP contribution is -2.37. The number of hydrogen-bond acceptors (Lipinski definition) is 4. The average molecular weight is 285 g/mol. The summed E-state index contributed by atoms with van der Waals surface area (Å²) in [5.74, 6) is 0. The summed E-state index contributed by atoms with van der Waals surface area (Å²) in [5, 5.41) is 24.6. The number of aliphatic hydroxyl groups is 1. The number of rotatable bonds is 5. The van der Waals surface area contributed by atoms with Gasteiger partial charge in [0.05, 0.1) is 21.1 Å². The lowest BCUT2D eigenvalue weighted by atomic mass is 10.0. The topological polar surface area (TPSA) is 75.4 Å². The Hall–Kier alpha value is -1.17. The van der Waals surface area contributed by atoms with Gasteiger partial charge in [0.25, 0.3) is 5.69 Å². The predicted molar refractivity (Wildman–Crippen MR) is 73.2 cm³/mol. The molecule has 0 amide bonds. The van der Waals surface area contributed by atoms with E-state index in [1.54, 1.807) is 12.1 Å². The van der Waals surface area contributed by atoms with Gasteiger partial charge >= 0.3 is 0 Å². The van der Waals surface area contributed by atoms with Crippen LogP contribution in [-0.4, -0.2) is 22.2 Å². The van der Waals surface area contributed by atoms with Crippen LogP contribution in [0.25, 0.3) is 0 Å². The number of nitrogens with zero attached hydrogens (tertiary/aromatic N) is 1. The molecule has 6 heteroatoms. The third-order valence-electron chi connectivity index (χ3n) is 3.58. The quantitative estimate of drug-likeness (QED) is 0.644. The summed E-state index contributed by atoms with van der Waals surface area (Å²) < 4.78 is 0. The molecule has 0 saturated heterocycles. The van der Waals surface area contributed by atoms with Crippen LogP contribution in [0.4, 0.5) is 5.69 Å².